The van der Waals surface area contributed by atoms with Crippen molar-refractivity contribution in [3.8, 4) is 0 Å². The van der Waals surface area contributed by atoms with Gasteiger partial charge in [-0.1, -0.05) is 6.07 Å². The van der Waals surface area contributed by atoms with E-state index in [0.29, 0.717) is 0 Å². The van der Waals surface area contributed by atoms with Crippen LogP contribution in [0.5, 0.6) is 0 Å². The van der Waals surface area contributed by atoms with Crippen LogP contribution in [0, 0.1) is 0 Å². The summed E-state index contributed by atoms with van der Waals surface area (Å²) in [5.74, 6) is 0.928. The Hall–Kier alpha value is -2.10. The van der Waals surface area contributed by atoms with Crippen molar-refractivity contribution >= 4 is 17.3 Å². The fourth-order valence-corrected chi connectivity index (χ4v) is 2.47. The molecule has 0 bridgehead atoms. The SMILES string of the molecule is CCn1ncnc1C=C1CCc2cc(N)ccc21. The number of fused-ring (bicyclic) bond motifs is 1. The maximum absolute atomic E-state index is 5.81. The summed E-state index contributed by atoms with van der Waals surface area (Å²) in [6.45, 7) is 2.91. The molecule has 4 heteroatoms. The summed E-state index contributed by atoms with van der Waals surface area (Å²) >= 11 is 0. The molecule has 0 atom stereocenters. The highest BCUT2D eigenvalue weighted by Gasteiger charge is 2.16. The second-order valence-electron chi connectivity index (χ2n) is 4.52. The van der Waals surface area contributed by atoms with E-state index in [-0.39, 0.29) is 0 Å². The fraction of sp³-hybridized carbons (Fsp3) is 0.286. The van der Waals surface area contributed by atoms with Gasteiger partial charge in [-0.15, -0.1) is 0 Å². The zero-order valence-corrected chi connectivity index (χ0v) is 10.4. The van der Waals surface area contributed by atoms with Crippen LogP contribution in [-0.2, 0) is 13.0 Å². The molecule has 0 spiro atoms. The second kappa shape index (κ2) is 4.29. The van der Waals surface area contributed by atoms with Crippen molar-refractivity contribution < 1.29 is 0 Å². The molecule has 3 rings (SSSR count). The van der Waals surface area contributed by atoms with Gasteiger partial charge in [0.2, 0.25) is 0 Å². The lowest BCUT2D eigenvalue weighted by molar-refractivity contribution is 0.651. The molecule has 0 amide bonds. The van der Waals surface area contributed by atoms with Gasteiger partial charge in [-0.3, -0.25) is 0 Å². The summed E-state index contributed by atoms with van der Waals surface area (Å²) in [6, 6.07) is 6.14. The van der Waals surface area contributed by atoms with Crippen LogP contribution in [0.15, 0.2) is 24.5 Å². The van der Waals surface area contributed by atoms with Crippen molar-refractivity contribution in [3.05, 3.63) is 41.5 Å². The largest absolute Gasteiger partial charge is 0.399 e. The molecular weight excluding hydrogens is 224 g/mol. The van der Waals surface area contributed by atoms with Crippen molar-refractivity contribution in [1.29, 1.82) is 0 Å². The third kappa shape index (κ3) is 1.79. The van der Waals surface area contributed by atoms with Crippen molar-refractivity contribution in [1.82, 2.24) is 14.8 Å². The Kier molecular flexibility index (Phi) is 2.63. The van der Waals surface area contributed by atoms with Gasteiger partial charge in [0.15, 0.2) is 5.82 Å². The number of hydrogen-bond donors (Lipinski definition) is 1. The predicted molar refractivity (Wildman–Crippen MR) is 72.7 cm³/mol. The number of nitrogens with two attached hydrogens (primary N) is 1. The summed E-state index contributed by atoms with van der Waals surface area (Å²) in [7, 11) is 0. The lowest BCUT2D eigenvalue weighted by Crippen LogP contribution is -1.99. The summed E-state index contributed by atoms with van der Waals surface area (Å²) in [5, 5.41) is 4.19. The first-order valence-electron chi connectivity index (χ1n) is 6.25. The molecule has 0 aliphatic heterocycles. The number of nitrogen functional groups attached to an aromatic ring is 1. The van der Waals surface area contributed by atoms with Crippen LogP contribution in [0.1, 0.15) is 30.3 Å². The quantitative estimate of drug-likeness (QED) is 0.820. The van der Waals surface area contributed by atoms with Crippen LogP contribution in [0.2, 0.25) is 0 Å². The van der Waals surface area contributed by atoms with Crippen LogP contribution >= 0.6 is 0 Å². The van der Waals surface area contributed by atoms with E-state index in [9.17, 15) is 0 Å². The van der Waals surface area contributed by atoms with E-state index >= 15 is 0 Å². The van der Waals surface area contributed by atoms with Crippen LogP contribution in [0.3, 0.4) is 0 Å². The average molecular weight is 240 g/mol. The zero-order valence-electron chi connectivity index (χ0n) is 10.4. The molecular formula is C14H16N4. The molecule has 18 heavy (non-hydrogen) atoms. The summed E-state index contributed by atoms with van der Waals surface area (Å²) in [6.07, 6.45) is 5.86. The van der Waals surface area contributed by atoms with E-state index in [2.05, 4.69) is 35.2 Å². The molecule has 0 unspecified atom stereocenters. The molecule has 92 valence electrons. The second-order valence-corrected chi connectivity index (χ2v) is 4.52. The third-order valence-corrected chi connectivity index (χ3v) is 3.39. The maximum Gasteiger partial charge on any atom is 0.150 e. The monoisotopic (exact) mass is 240 g/mol. The summed E-state index contributed by atoms with van der Waals surface area (Å²) in [5.41, 5.74) is 10.6. The van der Waals surface area contributed by atoms with E-state index in [1.165, 1.54) is 16.7 Å². The minimum atomic E-state index is 0.840. The smallest absolute Gasteiger partial charge is 0.150 e. The Labute approximate surface area is 106 Å². The van der Waals surface area contributed by atoms with Crippen LogP contribution in [-0.4, -0.2) is 14.8 Å². The number of benzene rings is 1. The number of anilines is 1. The number of nitrogens with zero attached hydrogens (tertiary/aromatic N) is 3. The lowest BCUT2D eigenvalue weighted by Gasteiger charge is -2.03. The molecule has 1 aliphatic rings. The predicted octanol–water partition coefficient (Wildman–Crippen LogP) is 2.37. The van der Waals surface area contributed by atoms with Crippen LogP contribution in [0.25, 0.3) is 11.6 Å². The molecule has 0 radical (unpaired) electrons. The van der Waals surface area contributed by atoms with E-state index in [1.54, 1.807) is 6.33 Å². The molecule has 2 aromatic rings. The van der Waals surface area contributed by atoms with E-state index < -0.39 is 0 Å². The highest BCUT2D eigenvalue weighted by molar-refractivity contribution is 5.84. The fourth-order valence-electron chi connectivity index (χ4n) is 2.47. The Morgan fingerprint density at radius 3 is 3.11 bits per heavy atom. The van der Waals surface area contributed by atoms with E-state index in [4.69, 9.17) is 5.73 Å². The third-order valence-electron chi connectivity index (χ3n) is 3.39. The lowest BCUT2D eigenvalue weighted by atomic mass is 10.1. The van der Waals surface area contributed by atoms with Crippen LogP contribution < -0.4 is 5.73 Å². The van der Waals surface area contributed by atoms with Crippen molar-refractivity contribution in [3.63, 3.8) is 0 Å². The topological polar surface area (TPSA) is 56.7 Å². The standard InChI is InChI=1S/C14H16N4/c1-2-18-14(16-9-17-18)8-11-4-3-10-7-12(15)5-6-13(10)11/h5-9H,2-4,15H2,1H3. The van der Waals surface area contributed by atoms with Gasteiger partial charge in [0.1, 0.15) is 6.33 Å². The van der Waals surface area contributed by atoms with E-state index in [0.717, 1.165) is 30.9 Å². The highest BCUT2D eigenvalue weighted by Crippen LogP contribution is 2.34. The van der Waals surface area contributed by atoms with Gasteiger partial charge in [0.25, 0.3) is 0 Å². The highest BCUT2D eigenvalue weighted by atomic mass is 15.3. The number of allylic oxidation sites excluding steroid dienone is 1. The maximum atomic E-state index is 5.81. The summed E-state index contributed by atoms with van der Waals surface area (Å²) < 4.78 is 1.91. The molecule has 4 nitrogen and oxygen atoms in total. The van der Waals surface area contributed by atoms with Gasteiger partial charge in [0.05, 0.1) is 0 Å². The number of rotatable bonds is 2. The molecule has 0 fully saturated rings. The van der Waals surface area contributed by atoms with Gasteiger partial charge in [-0.2, -0.15) is 5.10 Å². The van der Waals surface area contributed by atoms with Crippen molar-refractivity contribution in [2.24, 2.45) is 0 Å². The van der Waals surface area contributed by atoms with E-state index in [1.807, 2.05) is 10.7 Å². The van der Waals surface area contributed by atoms with Gasteiger partial charge in [0, 0.05) is 12.2 Å². The first-order valence-corrected chi connectivity index (χ1v) is 6.25. The normalized spacial score (nSPS) is 16.2. The van der Waals surface area contributed by atoms with Crippen molar-refractivity contribution in [2.45, 2.75) is 26.3 Å². The number of hydrogen-bond acceptors (Lipinski definition) is 3. The van der Waals surface area contributed by atoms with Crippen LogP contribution in [0.4, 0.5) is 5.69 Å². The Bertz CT molecular complexity index is 610. The average Bonchev–Trinajstić information content (AvgIpc) is 2.96. The molecule has 0 saturated carbocycles. The van der Waals surface area contributed by atoms with Gasteiger partial charge < -0.3 is 5.73 Å². The molecule has 1 aromatic heterocycles. The number of aromatic nitrogens is 3. The molecule has 2 N–H and O–H groups in total. The van der Waals surface area contributed by atoms with Gasteiger partial charge in [-0.05, 0) is 54.7 Å². The Balaban J connectivity index is 2.01. The molecule has 1 aliphatic carbocycles. The zero-order chi connectivity index (χ0) is 12.5. The Morgan fingerprint density at radius 1 is 1.39 bits per heavy atom. The minimum absolute atomic E-state index is 0.840. The Morgan fingerprint density at radius 2 is 2.28 bits per heavy atom. The molecule has 1 aromatic carbocycles. The molecule has 1 heterocycles. The first-order chi connectivity index (χ1) is 8.78. The number of aryl methyl sites for hydroxylation is 2. The molecule has 0 saturated heterocycles. The van der Waals surface area contributed by atoms with Gasteiger partial charge in [-0.25, -0.2) is 9.67 Å². The minimum Gasteiger partial charge on any atom is -0.399 e. The summed E-state index contributed by atoms with van der Waals surface area (Å²) in [4.78, 5) is 4.29. The van der Waals surface area contributed by atoms with Crippen molar-refractivity contribution in [2.75, 3.05) is 5.73 Å². The first kappa shape index (κ1) is 11.0. The van der Waals surface area contributed by atoms with Gasteiger partial charge >= 0.3 is 0 Å².